The van der Waals surface area contributed by atoms with Crippen LogP contribution in [0.5, 0.6) is 17.2 Å². The number of methoxy groups -OCH3 is 3. The molecule has 0 atom stereocenters. The number of nitrogens with zero attached hydrogens (tertiary/aromatic N) is 4. The van der Waals surface area contributed by atoms with E-state index >= 15 is 0 Å². The monoisotopic (exact) mass is 559 g/mol. The number of amides is 1. The van der Waals surface area contributed by atoms with Gasteiger partial charge in [0.1, 0.15) is 32.9 Å². The number of nitrogen functional groups attached to an aromatic ring is 2. The topological polar surface area (TPSA) is 171 Å². The highest BCUT2D eigenvalue weighted by atomic mass is 32.1. The normalized spacial score (nSPS) is 10.7. The number of nitriles is 1. The summed E-state index contributed by atoms with van der Waals surface area (Å²) in [6.07, 6.45) is 1.67. The van der Waals surface area contributed by atoms with Crippen LogP contribution >= 0.6 is 22.7 Å². The average molecular weight is 560 g/mol. The van der Waals surface area contributed by atoms with E-state index in [1.54, 1.807) is 23.7 Å². The van der Waals surface area contributed by atoms with E-state index in [9.17, 15) is 10.1 Å². The summed E-state index contributed by atoms with van der Waals surface area (Å²) in [6, 6.07) is 11.0. The van der Waals surface area contributed by atoms with E-state index in [4.69, 9.17) is 25.7 Å². The molecule has 5 rings (SSSR count). The number of nitrogens with two attached hydrogens (primary N) is 2. The quantitative estimate of drug-likeness (QED) is 0.252. The van der Waals surface area contributed by atoms with Crippen LogP contribution in [0.3, 0.4) is 0 Å². The number of anilines is 3. The largest absolute Gasteiger partial charge is 0.493 e. The fourth-order valence-electron chi connectivity index (χ4n) is 4.08. The van der Waals surface area contributed by atoms with E-state index < -0.39 is 5.91 Å². The Morgan fingerprint density at radius 3 is 2.41 bits per heavy atom. The third-order valence-electron chi connectivity index (χ3n) is 5.83. The van der Waals surface area contributed by atoms with Gasteiger partial charge in [-0.1, -0.05) is 6.07 Å². The van der Waals surface area contributed by atoms with E-state index in [0.29, 0.717) is 55.1 Å². The van der Waals surface area contributed by atoms with Crippen LogP contribution in [0.25, 0.3) is 32.7 Å². The molecule has 0 aliphatic carbocycles. The first-order valence-corrected chi connectivity index (χ1v) is 13.0. The fourth-order valence-corrected chi connectivity index (χ4v) is 5.79. The smallest absolute Gasteiger partial charge is 0.269 e. The van der Waals surface area contributed by atoms with Crippen molar-refractivity contribution in [3.05, 3.63) is 52.3 Å². The predicted molar refractivity (Wildman–Crippen MR) is 152 cm³/mol. The molecule has 0 aliphatic heterocycles. The molecule has 0 spiro atoms. The van der Waals surface area contributed by atoms with Gasteiger partial charge in [0.25, 0.3) is 5.91 Å². The van der Waals surface area contributed by atoms with Gasteiger partial charge in [0.05, 0.1) is 32.7 Å². The zero-order valence-corrected chi connectivity index (χ0v) is 22.6. The van der Waals surface area contributed by atoms with Gasteiger partial charge < -0.3 is 25.7 Å². The molecule has 0 fully saturated rings. The molecule has 0 bridgehead atoms. The van der Waals surface area contributed by atoms with Gasteiger partial charge in [-0.2, -0.15) is 5.26 Å². The number of thiazole rings is 1. The second-order valence-electron chi connectivity index (χ2n) is 8.00. The van der Waals surface area contributed by atoms with Gasteiger partial charge in [-0.05, 0) is 29.8 Å². The molecule has 0 radical (unpaired) electrons. The average Bonchev–Trinajstić information content (AvgIpc) is 3.55. The summed E-state index contributed by atoms with van der Waals surface area (Å²) in [6.45, 7) is 0. The van der Waals surface area contributed by atoms with Crippen molar-refractivity contribution in [3.8, 4) is 45.8 Å². The van der Waals surface area contributed by atoms with Crippen LogP contribution in [0.15, 0.2) is 41.9 Å². The number of aromatic nitrogens is 3. The van der Waals surface area contributed by atoms with Crippen molar-refractivity contribution >= 4 is 55.4 Å². The highest BCUT2D eigenvalue weighted by molar-refractivity contribution is 7.21. The van der Waals surface area contributed by atoms with E-state index in [1.807, 2.05) is 18.2 Å². The van der Waals surface area contributed by atoms with Crippen molar-refractivity contribution in [2.75, 3.05) is 38.1 Å². The first kappa shape index (κ1) is 25.7. The Morgan fingerprint density at radius 2 is 1.79 bits per heavy atom. The number of fused-ring (bicyclic) bond motifs is 1. The lowest BCUT2D eigenvalue weighted by atomic mass is 9.96. The van der Waals surface area contributed by atoms with E-state index in [2.05, 4.69) is 26.3 Å². The minimum atomic E-state index is -0.467. The summed E-state index contributed by atoms with van der Waals surface area (Å²) < 4.78 is 16.4. The Hall–Kier alpha value is -4.93. The molecule has 4 aromatic heterocycles. The SMILES string of the molecule is COc1cc(-c2c(C#N)c(N)nc3sc(C(=O)Nc4nc(-c5ccccn5)cs4)c(N)c23)cc(OC)c1OC. The van der Waals surface area contributed by atoms with Crippen molar-refractivity contribution in [2.24, 2.45) is 0 Å². The maximum absolute atomic E-state index is 13.3. The minimum Gasteiger partial charge on any atom is -0.493 e. The van der Waals surface area contributed by atoms with Crippen LogP contribution in [0, 0.1) is 11.3 Å². The van der Waals surface area contributed by atoms with Gasteiger partial charge in [0.2, 0.25) is 5.75 Å². The number of hydrogen-bond donors (Lipinski definition) is 3. The maximum Gasteiger partial charge on any atom is 0.269 e. The van der Waals surface area contributed by atoms with Crippen LogP contribution in [0.2, 0.25) is 0 Å². The molecule has 5 aromatic rings. The molecule has 0 unspecified atom stereocenters. The van der Waals surface area contributed by atoms with Crippen LogP contribution < -0.4 is 31.0 Å². The first-order chi connectivity index (χ1) is 18.9. The van der Waals surface area contributed by atoms with Crippen molar-refractivity contribution < 1.29 is 19.0 Å². The second kappa shape index (κ2) is 10.4. The Balaban J connectivity index is 1.62. The fraction of sp³-hybridized carbons (Fsp3) is 0.115. The number of pyridine rings is 2. The standard InChI is InChI=1S/C26H21N7O4S2/c1-35-16-8-12(9-17(36-2)21(16)37-3)18-13(10-27)23(29)32-25-19(18)20(28)22(39-25)24(34)33-26-31-15(11-38-26)14-6-4-5-7-30-14/h4-9,11H,28H2,1-3H3,(H2,29,32)(H,31,33,34). The maximum atomic E-state index is 13.3. The van der Waals surface area contributed by atoms with Gasteiger partial charge in [0, 0.05) is 22.5 Å². The first-order valence-electron chi connectivity index (χ1n) is 11.3. The zero-order chi connectivity index (χ0) is 27.7. The van der Waals surface area contributed by atoms with Crippen molar-refractivity contribution in [3.63, 3.8) is 0 Å². The van der Waals surface area contributed by atoms with Crippen molar-refractivity contribution in [1.29, 1.82) is 5.26 Å². The summed E-state index contributed by atoms with van der Waals surface area (Å²) >= 11 is 2.33. The Morgan fingerprint density at radius 1 is 1.05 bits per heavy atom. The number of carbonyl (C=O) groups excluding carboxylic acids is 1. The third-order valence-corrected chi connectivity index (χ3v) is 7.68. The van der Waals surface area contributed by atoms with Crippen LogP contribution in [0.1, 0.15) is 15.2 Å². The lowest BCUT2D eigenvalue weighted by Crippen LogP contribution is -2.11. The molecule has 196 valence electrons. The Bertz CT molecular complexity index is 1740. The van der Waals surface area contributed by atoms with Crippen LogP contribution in [-0.2, 0) is 0 Å². The molecular weight excluding hydrogens is 538 g/mol. The second-order valence-corrected chi connectivity index (χ2v) is 9.86. The molecule has 4 heterocycles. The number of thiophene rings is 1. The van der Waals surface area contributed by atoms with Crippen LogP contribution in [-0.4, -0.2) is 42.2 Å². The molecule has 1 amide bonds. The summed E-state index contributed by atoms with van der Waals surface area (Å²) in [5, 5.41) is 15.4. The van der Waals surface area contributed by atoms with Gasteiger partial charge >= 0.3 is 0 Å². The van der Waals surface area contributed by atoms with Crippen molar-refractivity contribution in [1.82, 2.24) is 15.0 Å². The molecule has 0 saturated heterocycles. The molecule has 0 aliphatic rings. The summed E-state index contributed by atoms with van der Waals surface area (Å²) in [5.41, 5.74) is 15.2. The third kappa shape index (κ3) is 4.52. The van der Waals surface area contributed by atoms with Gasteiger partial charge in [0.15, 0.2) is 16.6 Å². The van der Waals surface area contributed by atoms with Crippen molar-refractivity contribution in [2.45, 2.75) is 0 Å². The van der Waals surface area contributed by atoms with Crippen LogP contribution in [0.4, 0.5) is 16.6 Å². The number of rotatable bonds is 7. The molecule has 13 heteroatoms. The molecule has 5 N–H and O–H groups in total. The predicted octanol–water partition coefficient (Wildman–Crippen LogP) is 4.80. The molecular formula is C26H21N7O4S2. The molecule has 1 aromatic carbocycles. The van der Waals surface area contributed by atoms with Gasteiger partial charge in [-0.15, -0.1) is 22.7 Å². The Kier molecular flexibility index (Phi) is 6.88. The lowest BCUT2D eigenvalue weighted by molar-refractivity contribution is 0.103. The molecule has 39 heavy (non-hydrogen) atoms. The molecule has 0 saturated carbocycles. The summed E-state index contributed by atoms with van der Waals surface area (Å²) in [4.78, 5) is 27.0. The lowest BCUT2D eigenvalue weighted by Gasteiger charge is -2.16. The minimum absolute atomic E-state index is 0.00175. The Labute approximate surface area is 230 Å². The summed E-state index contributed by atoms with van der Waals surface area (Å²) in [5.74, 6) is 0.664. The molecule has 11 nitrogen and oxygen atoms in total. The number of benzene rings is 1. The zero-order valence-electron chi connectivity index (χ0n) is 20.9. The van der Waals surface area contributed by atoms with Gasteiger partial charge in [-0.3, -0.25) is 15.1 Å². The number of nitrogens with one attached hydrogen (secondary N) is 1. The van der Waals surface area contributed by atoms with E-state index in [-0.39, 0.29) is 21.9 Å². The number of carbonyl (C=O) groups is 1. The highest BCUT2D eigenvalue weighted by Gasteiger charge is 2.26. The number of ether oxygens (including phenoxy) is 3. The van der Waals surface area contributed by atoms with Gasteiger partial charge in [-0.25, -0.2) is 9.97 Å². The number of hydrogen-bond acceptors (Lipinski definition) is 12. The summed E-state index contributed by atoms with van der Waals surface area (Å²) in [7, 11) is 4.47. The highest BCUT2D eigenvalue weighted by Crippen LogP contribution is 2.47. The van der Waals surface area contributed by atoms with E-state index in [1.165, 1.54) is 32.7 Å². The van der Waals surface area contributed by atoms with E-state index in [0.717, 1.165) is 11.3 Å².